The quantitative estimate of drug-likeness (QED) is 0.602. The smallest absolute Gasteiger partial charge is 0.393 e. The molecule has 1 amide bonds. The molecule has 2 aromatic heterocycles. The summed E-state index contributed by atoms with van der Waals surface area (Å²) in [5.74, 6) is -0.0349. The van der Waals surface area contributed by atoms with E-state index in [-0.39, 0.29) is 35.1 Å². The summed E-state index contributed by atoms with van der Waals surface area (Å²) in [5, 5.41) is 19.5. The van der Waals surface area contributed by atoms with Gasteiger partial charge in [-0.05, 0) is 49.9 Å². The summed E-state index contributed by atoms with van der Waals surface area (Å²) in [5.41, 5.74) is 0.0256. The van der Waals surface area contributed by atoms with Gasteiger partial charge in [-0.3, -0.25) is 4.79 Å². The summed E-state index contributed by atoms with van der Waals surface area (Å²) in [6.07, 6.45) is 0.896. The molecule has 1 aliphatic rings. The molecular formula is C20H20F3N5O2. The Labute approximate surface area is 169 Å². The van der Waals surface area contributed by atoms with Crippen LogP contribution in [-0.2, 0) is 6.18 Å². The Balaban J connectivity index is 1.54. The fraction of sp³-hybridized carbons (Fsp3) is 0.350. The third-order valence-corrected chi connectivity index (χ3v) is 5.11. The van der Waals surface area contributed by atoms with E-state index in [2.05, 4.69) is 20.7 Å². The zero-order chi connectivity index (χ0) is 21.3. The first kappa shape index (κ1) is 20.1. The number of anilines is 2. The van der Waals surface area contributed by atoms with E-state index in [9.17, 15) is 23.1 Å². The average molecular weight is 419 g/mol. The Morgan fingerprint density at radius 1 is 1.17 bits per heavy atom. The van der Waals surface area contributed by atoms with E-state index in [1.54, 1.807) is 12.3 Å². The van der Waals surface area contributed by atoms with Crippen LogP contribution in [0.1, 0.15) is 41.6 Å². The minimum absolute atomic E-state index is 0.0257. The first-order valence-electron chi connectivity index (χ1n) is 9.57. The van der Waals surface area contributed by atoms with E-state index >= 15 is 0 Å². The van der Waals surface area contributed by atoms with Crippen LogP contribution < -0.4 is 10.6 Å². The molecule has 30 heavy (non-hydrogen) atoms. The molecule has 0 radical (unpaired) electrons. The van der Waals surface area contributed by atoms with Crippen molar-refractivity contribution in [1.29, 1.82) is 0 Å². The topological polar surface area (TPSA) is 91.5 Å². The molecule has 3 aromatic rings. The van der Waals surface area contributed by atoms with E-state index in [1.807, 2.05) is 0 Å². The van der Waals surface area contributed by atoms with Gasteiger partial charge in [-0.1, -0.05) is 6.07 Å². The lowest BCUT2D eigenvalue weighted by atomic mass is 9.93. The maximum Gasteiger partial charge on any atom is 0.416 e. The Kier molecular flexibility index (Phi) is 5.33. The van der Waals surface area contributed by atoms with Crippen LogP contribution in [0.5, 0.6) is 0 Å². The van der Waals surface area contributed by atoms with Gasteiger partial charge in [0, 0.05) is 17.9 Å². The minimum Gasteiger partial charge on any atom is -0.393 e. The molecule has 0 aliphatic heterocycles. The van der Waals surface area contributed by atoms with Gasteiger partial charge in [0.15, 0.2) is 5.65 Å². The molecule has 4 rings (SSSR count). The first-order chi connectivity index (χ1) is 14.3. The fourth-order valence-electron chi connectivity index (χ4n) is 3.50. The standard InChI is InChI=1S/C20H20F3N5O2/c21-20(22,23)12-2-1-3-14(10-12)25-17-8-9-28-18(27-17)16(11-24-28)19(30)26-13-4-6-15(29)7-5-13/h1-3,8-11,13,15,29H,4-7H2,(H,25,27)(H,26,30)/t13-,15-. The van der Waals surface area contributed by atoms with Crippen molar-refractivity contribution < 1.29 is 23.1 Å². The van der Waals surface area contributed by atoms with E-state index in [4.69, 9.17) is 0 Å². The van der Waals surface area contributed by atoms with Crippen LogP contribution in [0.25, 0.3) is 5.65 Å². The van der Waals surface area contributed by atoms with Crippen LogP contribution in [0.4, 0.5) is 24.7 Å². The molecule has 7 nitrogen and oxygen atoms in total. The number of halogens is 3. The predicted octanol–water partition coefficient (Wildman–Crippen LogP) is 3.53. The fourth-order valence-corrected chi connectivity index (χ4v) is 3.50. The third kappa shape index (κ3) is 4.38. The summed E-state index contributed by atoms with van der Waals surface area (Å²) in [6, 6.07) is 6.33. The summed E-state index contributed by atoms with van der Waals surface area (Å²) < 4.78 is 40.2. The second-order valence-corrected chi connectivity index (χ2v) is 7.32. The molecule has 158 valence electrons. The molecule has 0 atom stereocenters. The number of carbonyl (C=O) groups excluding carboxylic acids is 1. The number of hydrogen-bond acceptors (Lipinski definition) is 5. The van der Waals surface area contributed by atoms with Crippen LogP contribution in [0.15, 0.2) is 42.7 Å². The lowest BCUT2D eigenvalue weighted by Crippen LogP contribution is -2.38. The Morgan fingerprint density at radius 3 is 2.67 bits per heavy atom. The molecule has 1 aliphatic carbocycles. The van der Waals surface area contributed by atoms with Crippen molar-refractivity contribution in [3.05, 3.63) is 53.9 Å². The predicted molar refractivity (Wildman–Crippen MR) is 103 cm³/mol. The molecule has 3 N–H and O–H groups in total. The van der Waals surface area contributed by atoms with E-state index < -0.39 is 11.7 Å². The number of nitrogens with zero attached hydrogens (tertiary/aromatic N) is 3. The van der Waals surface area contributed by atoms with Gasteiger partial charge >= 0.3 is 6.18 Å². The van der Waals surface area contributed by atoms with E-state index in [1.165, 1.54) is 22.8 Å². The summed E-state index contributed by atoms with van der Waals surface area (Å²) in [6.45, 7) is 0. The molecule has 1 fully saturated rings. The molecule has 2 heterocycles. The highest BCUT2D eigenvalue weighted by Gasteiger charge is 2.30. The largest absolute Gasteiger partial charge is 0.416 e. The summed E-state index contributed by atoms with van der Waals surface area (Å²) in [7, 11) is 0. The molecular weight excluding hydrogens is 399 g/mol. The number of benzene rings is 1. The number of amides is 1. The Bertz CT molecular complexity index is 1060. The van der Waals surface area contributed by atoms with Gasteiger partial charge in [0.1, 0.15) is 11.4 Å². The minimum atomic E-state index is -4.44. The van der Waals surface area contributed by atoms with Crippen LogP contribution in [0.3, 0.4) is 0 Å². The number of aromatic nitrogens is 3. The Hall–Kier alpha value is -3.14. The van der Waals surface area contributed by atoms with Gasteiger partial charge in [-0.15, -0.1) is 0 Å². The van der Waals surface area contributed by atoms with Crippen molar-refractivity contribution in [2.45, 2.75) is 44.0 Å². The number of fused-ring (bicyclic) bond motifs is 1. The van der Waals surface area contributed by atoms with Crippen molar-refractivity contribution in [1.82, 2.24) is 19.9 Å². The molecule has 0 bridgehead atoms. The lowest BCUT2D eigenvalue weighted by molar-refractivity contribution is -0.137. The maximum atomic E-state index is 12.9. The van der Waals surface area contributed by atoms with Crippen molar-refractivity contribution in [3.8, 4) is 0 Å². The maximum absolute atomic E-state index is 12.9. The highest BCUT2D eigenvalue weighted by molar-refractivity contribution is 6.00. The van der Waals surface area contributed by atoms with Crippen LogP contribution in [0, 0.1) is 0 Å². The van der Waals surface area contributed by atoms with Crippen LogP contribution in [0.2, 0.25) is 0 Å². The van der Waals surface area contributed by atoms with E-state index in [0.717, 1.165) is 12.1 Å². The van der Waals surface area contributed by atoms with Gasteiger partial charge < -0.3 is 15.7 Å². The zero-order valence-corrected chi connectivity index (χ0v) is 15.9. The molecule has 0 unspecified atom stereocenters. The van der Waals surface area contributed by atoms with Crippen molar-refractivity contribution in [2.75, 3.05) is 5.32 Å². The van der Waals surface area contributed by atoms with Crippen molar-refractivity contribution in [2.24, 2.45) is 0 Å². The number of alkyl halides is 3. The highest BCUT2D eigenvalue weighted by Crippen LogP contribution is 2.31. The number of nitrogens with one attached hydrogen (secondary N) is 2. The normalized spacial score (nSPS) is 19.6. The van der Waals surface area contributed by atoms with Gasteiger partial charge in [0.2, 0.25) is 0 Å². The number of carbonyl (C=O) groups is 1. The first-order valence-corrected chi connectivity index (χ1v) is 9.57. The summed E-state index contributed by atoms with van der Waals surface area (Å²) >= 11 is 0. The molecule has 10 heteroatoms. The molecule has 1 aromatic carbocycles. The second kappa shape index (κ2) is 7.94. The van der Waals surface area contributed by atoms with Crippen molar-refractivity contribution >= 4 is 23.1 Å². The van der Waals surface area contributed by atoms with Gasteiger partial charge in [0.05, 0.1) is 17.9 Å². The second-order valence-electron chi connectivity index (χ2n) is 7.32. The van der Waals surface area contributed by atoms with Crippen molar-refractivity contribution in [3.63, 3.8) is 0 Å². The van der Waals surface area contributed by atoms with Crippen LogP contribution in [-0.4, -0.2) is 37.8 Å². The lowest BCUT2D eigenvalue weighted by Gasteiger charge is -2.25. The van der Waals surface area contributed by atoms with Gasteiger partial charge in [0.25, 0.3) is 5.91 Å². The zero-order valence-electron chi connectivity index (χ0n) is 15.9. The highest BCUT2D eigenvalue weighted by atomic mass is 19.4. The van der Waals surface area contributed by atoms with E-state index in [0.29, 0.717) is 31.3 Å². The monoisotopic (exact) mass is 419 g/mol. The average Bonchev–Trinajstić information content (AvgIpc) is 3.13. The molecule has 1 saturated carbocycles. The number of hydrogen-bond donors (Lipinski definition) is 3. The Morgan fingerprint density at radius 2 is 1.93 bits per heavy atom. The SMILES string of the molecule is O=C(N[C@H]1CC[C@H](O)CC1)c1cnn2ccc(Nc3cccc(C(F)(F)F)c3)nc12. The number of rotatable bonds is 4. The molecule has 0 saturated heterocycles. The number of aliphatic hydroxyl groups is 1. The number of aliphatic hydroxyl groups excluding tert-OH is 1. The van der Waals surface area contributed by atoms with Gasteiger partial charge in [-0.2, -0.15) is 18.3 Å². The van der Waals surface area contributed by atoms with Gasteiger partial charge in [-0.25, -0.2) is 9.50 Å². The third-order valence-electron chi connectivity index (χ3n) is 5.11. The van der Waals surface area contributed by atoms with Crippen LogP contribution >= 0.6 is 0 Å². The molecule has 0 spiro atoms. The summed E-state index contributed by atoms with van der Waals surface area (Å²) in [4.78, 5) is 17.0.